The van der Waals surface area contributed by atoms with E-state index in [4.69, 9.17) is 4.84 Å². The molecule has 1 fully saturated rings. The van der Waals surface area contributed by atoms with E-state index < -0.39 is 15.3 Å². The maximum absolute atomic E-state index is 12.2. The van der Waals surface area contributed by atoms with Crippen LogP contribution in [0.2, 0.25) is 0 Å². The van der Waals surface area contributed by atoms with Crippen molar-refractivity contribution in [2.24, 2.45) is 5.41 Å². The Balaban J connectivity index is 1.83. The van der Waals surface area contributed by atoms with Gasteiger partial charge in [0, 0.05) is 29.2 Å². The maximum Gasteiger partial charge on any atom is 0.330 e. The standard InChI is InChI=1S/C18H24BrN3O4S/c1-18(2,3)17(23)26-21-9-7-13(8-10-21)22-15-6-5-12(19)11-14(15)16(20-22)27(4,24)25/h5-6,11,13H,7-10H2,1-4H3. The third kappa shape index (κ3) is 4.35. The van der Waals surface area contributed by atoms with Gasteiger partial charge in [-0.2, -0.15) is 5.10 Å². The maximum atomic E-state index is 12.2. The zero-order valence-electron chi connectivity index (χ0n) is 15.9. The smallest absolute Gasteiger partial charge is 0.330 e. The van der Waals surface area contributed by atoms with Crippen LogP contribution >= 0.6 is 15.9 Å². The number of hydrogen-bond donors (Lipinski definition) is 0. The molecule has 1 aliphatic heterocycles. The quantitative estimate of drug-likeness (QED) is 0.702. The molecule has 0 spiro atoms. The van der Waals surface area contributed by atoms with Gasteiger partial charge in [0.1, 0.15) is 0 Å². The Morgan fingerprint density at radius 1 is 1.26 bits per heavy atom. The first kappa shape index (κ1) is 20.3. The van der Waals surface area contributed by atoms with Crippen LogP contribution in [0.3, 0.4) is 0 Å². The summed E-state index contributed by atoms with van der Waals surface area (Å²) in [6, 6.07) is 5.60. The van der Waals surface area contributed by atoms with Crippen molar-refractivity contribution in [3.05, 3.63) is 22.7 Å². The molecule has 1 aromatic carbocycles. The first-order chi connectivity index (χ1) is 12.5. The topological polar surface area (TPSA) is 81.5 Å². The highest BCUT2D eigenvalue weighted by molar-refractivity contribution is 9.10. The summed E-state index contributed by atoms with van der Waals surface area (Å²) in [7, 11) is -3.44. The van der Waals surface area contributed by atoms with Gasteiger partial charge in [0.2, 0.25) is 0 Å². The van der Waals surface area contributed by atoms with Gasteiger partial charge in [-0.3, -0.25) is 4.68 Å². The second kappa shape index (κ2) is 7.18. The molecular formula is C18H24BrN3O4S. The van der Waals surface area contributed by atoms with Crippen LogP contribution in [0.15, 0.2) is 27.7 Å². The lowest BCUT2D eigenvalue weighted by molar-refractivity contribution is -0.205. The molecule has 1 aliphatic rings. The molecule has 0 unspecified atom stereocenters. The van der Waals surface area contributed by atoms with E-state index in [9.17, 15) is 13.2 Å². The van der Waals surface area contributed by atoms with E-state index in [1.165, 1.54) is 6.26 Å². The molecule has 0 bridgehead atoms. The summed E-state index contributed by atoms with van der Waals surface area (Å²) in [5.41, 5.74) is 0.246. The fourth-order valence-electron chi connectivity index (χ4n) is 3.07. The van der Waals surface area contributed by atoms with Gasteiger partial charge in [0.05, 0.1) is 17.0 Å². The van der Waals surface area contributed by atoms with Crippen LogP contribution < -0.4 is 0 Å². The van der Waals surface area contributed by atoms with Gasteiger partial charge in [-0.25, -0.2) is 13.2 Å². The van der Waals surface area contributed by atoms with Crippen molar-refractivity contribution in [2.75, 3.05) is 19.3 Å². The SMILES string of the molecule is CC(C)(C)C(=O)ON1CCC(n2nc(S(C)(=O)=O)c3cc(Br)ccc32)CC1. The summed E-state index contributed by atoms with van der Waals surface area (Å²) in [6.45, 7) is 6.63. The molecule has 148 valence electrons. The van der Waals surface area contributed by atoms with Crippen LogP contribution in [0.5, 0.6) is 0 Å². The summed E-state index contributed by atoms with van der Waals surface area (Å²) >= 11 is 3.40. The minimum Gasteiger partial charge on any atom is -0.367 e. The number of aromatic nitrogens is 2. The number of fused-ring (bicyclic) bond motifs is 1. The second-order valence-electron chi connectivity index (χ2n) is 7.97. The predicted molar refractivity (Wildman–Crippen MR) is 106 cm³/mol. The Morgan fingerprint density at radius 3 is 2.44 bits per heavy atom. The monoisotopic (exact) mass is 457 g/mol. The summed E-state index contributed by atoms with van der Waals surface area (Å²) in [5, 5.41) is 6.83. The molecule has 2 aromatic rings. The predicted octanol–water partition coefficient (Wildman–Crippen LogP) is 3.34. The molecule has 7 nitrogen and oxygen atoms in total. The first-order valence-electron chi connectivity index (χ1n) is 8.82. The van der Waals surface area contributed by atoms with E-state index in [0.29, 0.717) is 31.3 Å². The number of halogens is 1. The number of sulfone groups is 1. The van der Waals surface area contributed by atoms with E-state index in [1.54, 1.807) is 15.8 Å². The van der Waals surface area contributed by atoms with Crippen LogP contribution in [0.1, 0.15) is 39.7 Å². The molecule has 0 aliphatic carbocycles. The van der Waals surface area contributed by atoms with Crippen molar-refractivity contribution in [3.8, 4) is 0 Å². The summed E-state index contributed by atoms with van der Waals surface area (Å²) in [5.74, 6) is -0.255. The average Bonchev–Trinajstić information content (AvgIpc) is 2.93. The fourth-order valence-corrected chi connectivity index (χ4v) is 4.23. The summed E-state index contributed by atoms with van der Waals surface area (Å²) in [4.78, 5) is 17.5. The Morgan fingerprint density at radius 2 is 1.89 bits per heavy atom. The van der Waals surface area contributed by atoms with Crippen molar-refractivity contribution in [1.82, 2.24) is 14.8 Å². The highest BCUT2D eigenvalue weighted by Gasteiger charge is 2.30. The van der Waals surface area contributed by atoms with E-state index in [2.05, 4.69) is 21.0 Å². The van der Waals surface area contributed by atoms with E-state index >= 15 is 0 Å². The molecule has 1 aromatic heterocycles. The van der Waals surface area contributed by atoms with Gasteiger partial charge in [0.15, 0.2) is 14.9 Å². The number of piperidine rings is 1. The van der Waals surface area contributed by atoms with Gasteiger partial charge in [-0.05, 0) is 51.8 Å². The van der Waals surface area contributed by atoms with Crippen molar-refractivity contribution in [3.63, 3.8) is 0 Å². The molecule has 0 atom stereocenters. The molecule has 0 N–H and O–H groups in total. The highest BCUT2D eigenvalue weighted by atomic mass is 79.9. The Labute approximate surface area is 167 Å². The third-order valence-electron chi connectivity index (χ3n) is 4.58. The molecule has 2 heterocycles. The second-order valence-corrected chi connectivity index (χ2v) is 10.8. The number of carbonyl (C=O) groups is 1. The number of carbonyl (C=O) groups excluding carboxylic acids is 1. The van der Waals surface area contributed by atoms with E-state index in [-0.39, 0.29) is 17.0 Å². The molecule has 9 heteroatoms. The fraction of sp³-hybridized carbons (Fsp3) is 0.556. The molecule has 1 saturated heterocycles. The van der Waals surface area contributed by atoms with Crippen LogP contribution in [-0.4, -0.2) is 48.6 Å². The zero-order chi connectivity index (χ0) is 20.0. The number of nitrogens with zero attached hydrogens (tertiary/aromatic N) is 3. The molecule has 3 rings (SSSR count). The summed E-state index contributed by atoms with van der Waals surface area (Å²) in [6.07, 6.45) is 2.61. The van der Waals surface area contributed by atoms with Crippen LogP contribution in [0.4, 0.5) is 0 Å². The average molecular weight is 458 g/mol. The molecule has 27 heavy (non-hydrogen) atoms. The number of hydrogen-bond acceptors (Lipinski definition) is 6. The van der Waals surface area contributed by atoms with Gasteiger partial charge >= 0.3 is 5.97 Å². The van der Waals surface area contributed by atoms with Crippen LogP contribution in [-0.2, 0) is 19.5 Å². The third-order valence-corrected chi connectivity index (χ3v) is 6.08. The molecule has 0 saturated carbocycles. The minimum absolute atomic E-state index is 0.0498. The Kier molecular flexibility index (Phi) is 5.39. The lowest BCUT2D eigenvalue weighted by atomic mass is 9.98. The first-order valence-corrected chi connectivity index (χ1v) is 11.5. The molecule has 0 radical (unpaired) electrons. The number of hydroxylamine groups is 2. The lowest BCUT2D eigenvalue weighted by Crippen LogP contribution is -2.39. The van der Waals surface area contributed by atoms with Gasteiger partial charge in [-0.1, -0.05) is 15.9 Å². The van der Waals surface area contributed by atoms with Gasteiger partial charge in [-0.15, -0.1) is 5.06 Å². The largest absolute Gasteiger partial charge is 0.367 e. The van der Waals surface area contributed by atoms with Crippen LogP contribution in [0, 0.1) is 5.41 Å². The van der Waals surface area contributed by atoms with E-state index in [1.807, 2.05) is 32.9 Å². The Bertz CT molecular complexity index is 970. The van der Waals surface area contributed by atoms with Crippen molar-refractivity contribution < 1.29 is 18.0 Å². The van der Waals surface area contributed by atoms with Crippen LogP contribution in [0.25, 0.3) is 10.9 Å². The van der Waals surface area contributed by atoms with Gasteiger partial charge < -0.3 is 4.84 Å². The number of benzene rings is 1. The normalized spacial score (nSPS) is 17.4. The zero-order valence-corrected chi connectivity index (χ0v) is 18.3. The Hall–Kier alpha value is -1.45. The van der Waals surface area contributed by atoms with Gasteiger partial charge in [0.25, 0.3) is 0 Å². The lowest BCUT2D eigenvalue weighted by Gasteiger charge is -2.32. The van der Waals surface area contributed by atoms with Crippen molar-refractivity contribution in [1.29, 1.82) is 0 Å². The molecule has 0 amide bonds. The minimum atomic E-state index is -3.44. The summed E-state index contributed by atoms with van der Waals surface area (Å²) < 4.78 is 26.9. The van der Waals surface area contributed by atoms with Crippen molar-refractivity contribution >= 4 is 42.6 Å². The van der Waals surface area contributed by atoms with Crippen molar-refractivity contribution in [2.45, 2.75) is 44.7 Å². The van der Waals surface area contributed by atoms with E-state index in [0.717, 1.165) is 9.99 Å². The molecular weight excluding hydrogens is 434 g/mol. The number of rotatable bonds is 3. The highest BCUT2D eigenvalue weighted by Crippen LogP contribution is 2.32.